The van der Waals surface area contributed by atoms with Crippen LogP contribution in [0.15, 0.2) is 194 Å². The molecule has 0 fully saturated rings. The molecule has 0 N–H and O–H groups in total. The minimum absolute atomic E-state index is 0.0317. The minimum atomic E-state index is -0.0505. The number of hydrogen-bond donors (Lipinski definition) is 0. The van der Waals surface area contributed by atoms with Gasteiger partial charge in [0.2, 0.25) is 0 Å². The zero-order valence-electron chi connectivity index (χ0n) is 43.8. The lowest BCUT2D eigenvalue weighted by molar-refractivity contribution is 0.403. The molecule has 4 nitrogen and oxygen atoms in total. The molecular weight excluding hydrogens is 894 g/mol. The Morgan fingerprint density at radius 1 is 0.297 bits per heavy atom. The van der Waals surface area contributed by atoms with Gasteiger partial charge in [0.25, 0.3) is 13.4 Å². The summed E-state index contributed by atoms with van der Waals surface area (Å²) in [5.41, 5.74) is 28.9. The van der Waals surface area contributed by atoms with Gasteiger partial charge in [-0.25, -0.2) is 0 Å². The first kappa shape index (κ1) is 43.9. The Bertz CT molecular complexity index is 3580. The van der Waals surface area contributed by atoms with Crippen LogP contribution in [0.5, 0.6) is 0 Å². The largest absolute Gasteiger partial charge is 0.311 e. The van der Waals surface area contributed by atoms with E-state index >= 15 is 0 Å². The Morgan fingerprint density at radius 2 is 0.622 bits per heavy atom. The topological polar surface area (TPSA) is 13.0 Å². The quantitative estimate of drug-likeness (QED) is 0.163. The second-order valence-corrected chi connectivity index (χ2v) is 24.7. The molecule has 2 aliphatic carbocycles. The molecule has 74 heavy (non-hydrogen) atoms. The predicted octanol–water partition coefficient (Wildman–Crippen LogP) is 13.8. The van der Waals surface area contributed by atoms with Crippen molar-refractivity contribution in [1.82, 2.24) is 0 Å². The summed E-state index contributed by atoms with van der Waals surface area (Å²) in [6.45, 7) is 19.7. The molecule has 0 spiro atoms. The molecule has 358 valence electrons. The zero-order valence-corrected chi connectivity index (χ0v) is 43.8. The Hall–Kier alpha value is -7.69. The lowest BCUT2D eigenvalue weighted by atomic mass is 9.30. The number of fused-ring (bicyclic) bond motifs is 12. The number of hydrogen-bond acceptors (Lipinski definition) is 4. The molecule has 4 heterocycles. The van der Waals surface area contributed by atoms with E-state index in [-0.39, 0.29) is 35.1 Å². The monoisotopic (exact) mass is 955 g/mol. The second-order valence-electron chi connectivity index (χ2n) is 24.7. The smallest absolute Gasteiger partial charge is 0.252 e. The standard InChI is InChI=1S/C68H60B2N4/c1-65(2)41-67(5,6)59-47(65)35-37-49-63(59)73(45-27-17-11-18-28-45)55-33-21-31-53-61(55)69(49)51-39-52-58(40-57(51)71(53)43-23-13-9-14-24-43)72(44-25-15-10-16-26-44)54-32-22-34-56-62(54)70(52)50-38-36-48-60(68(7,8)42-66(48,3)4)64(50)74(56)46-29-19-12-20-30-46/h9-40H,41-42H2,1-8H3. The van der Waals surface area contributed by atoms with E-state index in [1.165, 1.54) is 112 Å². The van der Waals surface area contributed by atoms with Gasteiger partial charge in [-0.2, -0.15) is 0 Å². The van der Waals surface area contributed by atoms with Crippen LogP contribution >= 0.6 is 0 Å². The normalized spacial score (nSPS) is 17.9. The third kappa shape index (κ3) is 5.83. The molecule has 0 radical (unpaired) electrons. The summed E-state index contributed by atoms with van der Waals surface area (Å²) in [5, 5.41) is 0. The summed E-state index contributed by atoms with van der Waals surface area (Å²) in [7, 11) is 0. The highest BCUT2D eigenvalue weighted by molar-refractivity contribution is 7.03. The lowest BCUT2D eigenvalue weighted by Gasteiger charge is -2.48. The van der Waals surface area contributed by atoms with E-state index in [1.54, 1.807) is 0 Å². The summed E-state index contributed by atoms with van der Waals surface area (Å²) in [5.74, 6) is 0. The Balaban J connectivity index is 1.09. The summed E-state index contributed by atoms with van der Waals surface area (Å²) < 4.78 is 0. The first-order valence-electron chi connectivity index (χ1n) is 26.9. The van der Waals surface area contributed by atoms with Crippen LogP contribution in [0.2, 0.25) is 0 Å². The second kappa shape index (κ2) is 15.0. The average Bonchev–Trinajstić information content (AvgIpc) is 3.84. The van der Waals surface area contributed by atoms with E-state index in [1.807, 2.05) is 0 Å². The number of benzene rings is 9. The third-order valence-corrected chi connectivity index (χ3v) is 18.1. The number of anilines is 12. The van der Waals surface area contributed by atoms with Crippen molar-refractivity contribution in [3.63, 3.8) is 0 Å². The molecule has 0 amide bonds. The molecule has 9 aromatic carbocycles. The Morgan fingerprint density at radius 3 is 0.973 bits per heavy atom. The highest BCUT2D eigenvalue weighted by Gasteiger charge is 2.53. The SMILES string of the molecule is CC1(C)CC(C)(C)c2c1ccc1c2N(c2ccccc2)c2cccc3c2B1c1cc2c(cc1N3c1ccccc1)N(c1ccccc1)c1cccc3c1B2c1ccc2c(c1N3c1ccccc1)C(C)(C)CC2(C)C. The molecule has 4 aliphatic heterocycles. The van der Waals surface area contributed by atoms with Crippen LogP contribution in [0.1, 0.15) is 90.5 Å². The van der Waals surface area contributed by atoms with Gasteiger partial charge in [0.15, 0.2) is 0 Å². The van der Waals surface area contributed by atoms with Gasteiger partial charge in [-0.05, 0) is 168 Å². The van der Waals surface area contributed by atoms with Crippen molar-refractivity contribution < 1.29 is 0 Å². The van der Waals surface area contributed by atoms with Gasteiger partial charge in [0.1, 0.15) is 0 Å². The van der Waals surface area contributed by atoms with E-state index in [9.17, 15) is 0 Å². The average molecular weight is 955 g/mol. The van der Waals surface area contributed by atoms with Gasteiger partial charge in [0, 0.05) is 68.2 Å². The van der Waals surface area contributed by atoms with E-state index in [0.29, 0.717) is 0 Å². The third-order valence-electron chi connectivity index (χ3n) is 18.1. The fraction of sp³-hybridized carbons (Fsp3) is 0.206. The van der Waals surface area contributed by atoms with Crippen molar-refractivity contribution in [1.29, 1.82) is 0 Å². The van der Waals surface area contributed by atoms with Crippen LogP contribution < -0.4 is 52.4 Å². The molecule has 15 rings (SSSR count). The fourth-order valence-corrected chi connectivity index (χ4v) is 16.0. The van der Waals surface area contributed by atoms with E-state index < -0.39 is 0 Å². The van der Waals surface area contributed by atoms with Crippen molar-refractivity contribution in [3.8, 4) is 0 Å². The summed E-state index contributed by atoms with van der Waals surface area (Å²) in [6, 6.07) is 74.1. The predicted molar refractivity (Wildman–Crippen MR) is 316 cm³/mol. The van der Waals surface area contributed by atoms with E-state index in [2.05, 4.69) is 269 Å². The van der Waals surface area contributed by atoms with Crippen molar-refractivity contribution in [2.75, 3.05) is 19.6 Å². The van der Waals surface area contributed by atoms with Crippen LogP contribution in [0.4, 0.5) is 68.2 Å². The lowest BCUT2D eigenvalue weighted by Crippen LogP contribution is -2.65. The zero-order chi connectivity index (χ0) is 50.2. The molecule has 0 bridgehead atoms. The molecule has 0 aromatic heterocycles. The fourth-order valence-electron chi connectivity index (χ4n) is 16.0. The maximum Gasteiger partial charge on any atom is 0.252 e. The van der Waals surface area contributed by atoms with E-state index in [0.717, 1.165) is 24.2 Å². The van der Waals surface area contributed by atoms with Gasteiger partial charge in [-0.15, -0.1) is 0 Å². The van der Waals surface area contributed by atoms with Crippen LogP contribution in [-0.4, -0.2) is 13.4 Å². The maximum absolute atomic E-state index is 2.69. The molecule has 0 saturated carbocycles. The van der Waals surface area contributed by atoms with Crippen molar-refractivity contribution in [2.45, 2.75) is 89.9 Å². The Kier molecular flexibility index (Phi) is 8.87. The molecule has 0 atom stereocenters. The van der Waals surface area contributed by atoms with Crippen LogP contribution in [0.25, 0.3) is 0 Å². The molecule has 6 aliphatic rings. The van der Waals surface area contributed by atoms with Gasteiger partial charge >= 0.3 is 0 Å². The molecular formula is C68H60B2N4. The minimum Gasteiger partial charge on any atom is -0.311 e. The van der Waals surface area contributed by atoms with E-state index in [4.69, 9.17) is 0 Å². The highest BCUT2D eigenvalue weighted by Crippen LogP contribution is 2.58. The number of rotatable bonds is 4. The van der Waals surface area contributed by atoms with Crippen molar-refractivity contribution in [3.05, 3.63) is 216 Å². The van der Waals surface area contributed by atoms with Crippen LogP contribution in [-0.2, 0) is 21.7 Å². The van der Waals surface area contributed by atoms with Crippen LogP contribution in [0, 0.1) is 0 Å². The van der Waals surface area contributed by atoms with Crippen molar-refractivity contribution >= 4 is 114 Å². The first-order valence-corrected chi connectivity index (χ1v) is 26.9. The summed E-state index contributed by atoms with van der Waals surface area (Å²) in [6.07, 6.45) is 2.18. The van der Waals surface area contributed by atoms with Gasteiger partial charge < -0.3 is 19.6 Å². The summed E-state index contributed by atoms with van der Waals surface area (Å²) in [4.78, 5) is 10.4. The molecule has 0 saturated heterocycles. The molecule has 0 unspecified atom stereocenters. The molecule has 9 aromatic rings. The van der Waals surface area contributed by atoms with Gasteiger partial charge in [-0.1, -0.05) is 171 Å². The maximum atomic E-state index is 2.69. The molecule has 6 heteroatoms. The number of nitrogens with zero attached hydrogens (tertiary/aromatic N) is 4. The van der Waals surface area contributed by atoms with Crippen molar-refractivity contribution in [2.24, 2.45) is 0 Å². The first-order chi connectivity index (χ1) is 35.7. The number of para-hydroxylation sites is 4. The van der Waals surface area contributed by atoms with Gasteiger partial charge in [0.05, 0.1) is 0 Å². The highest BCUT2D eigenvalue weighted by atomic mass is 15.2. The van der Waals surface area contributed by atoms with Crippen LogP contribution in [0.3, 0.4) is 0 Å². The summed E-state index contributed by atoms with van der Waals surface area (Å²) >= 11 is 0. The Labute approximate surface area is 438 Å². The van der Waals surface area contributed by atoms with Gasteiger partial charge in [-0.3, -0.25) is 0 Å².